The molecule has 0 unspecified atom stereocenters. The van der Waals surface area contributed by atoms with Crippen molar-refractivity contribution in [3.63, 3.8) is 0 Å². The van der Waals surface area contributed by atoms with Gasteiger partial charge < -0.3 is 10.4 Å². The number of nitro benzene ring substituents is 1. The Morgan fingerprint density at radius 2 is 1.88 bits per heavy atom. The van der Waals surface area contributed by atoms with Crippen LogP contribution in [0, 0.1) is 22.5 Å². The van der Waals surface area contributed by atoms with E-state index in [2.05, 4.69) is 5.32 Å². The molecule has 0 heterocycles. The maximum absolute atomic E-state index is 12.4. The summed E-state index contributed by atoms with van der Waals surface area (Å²) < 4.78 is 0. The number of carbonyl (C=O) groups excluding carboxylic acids is 1. The molecule has 2 N–H and O–H groups in total. The van der Waals surface area contributed by atoms with Crippen LogP contribution in [0.1, 0.15) is 50.5 Å². The monoisotopic (exact) mass is 334 g/mol. The molecular weight excluding hydrogens is 312 g/mol. The summed E-state index contributed by atoms with van der Waals surface area (Å²) in [7, 11) is 0. The van der Waals surface area contributed by atoms with Gasteiger partial charge in [0, 0.05) is 18.6 Å². The number of nitrogens with zero attached hydrogens (tertiary/aromatic N) is 1. The van der Waals surface area contributed by atoms with Gasteiger partial charge in [0.15, 0.2) is 0 Å². The number of hydrogen-bond donors (Lipinski definition) is 2. The van der Waals surface area contributed by atoms with Crippen LogP contribution in [-0.2, 0) is 9.59 Å². The van der Waals surface area contributed by atoms with E-state index in [0.717, 1.165) is 25.7 Å². The second-order valence-corrected chi connectivity index (χ2v) is 6.48. The Kier molecular flexibility index (Phi) is 5.54. The molecule has 0 bridgehead atoms. The Bertz CT molecular complexity index is 648. The summed E-state index contributed by atoms with van der Waals surface area (Å²) in [4.78, 5) is 34.5. The number of anilines is 1. The van der Waals surface area contributed by atoms with Crippen LogP contribution in [0.15, 0.2) is 18.2 Å². The normalized spacial score (nSPS) is 16.9. The van der Waals surface area contributed by atoms with Gasteiger partial charge in [-0.2, -0.15) is 0 Å². The fourth-order valence-corrected chi connectivity index (χ4v) is 3.23. The van der Waals surface area contributed by atoms with E-state index >= 15 is 0 Å². The first-order valence-corrected chi connectivity index (χ1v) is 8.12. The number of carboxylic acids is 1. The molecule has 0 atom stereocenters. The average molecular weight is 334 g/mol. The summed E-state index contributed by atoms with van der Waals surface area (Å²) in [6.07, 6.45) is 4.45. The van der Waals surface area contributed by atoms with E-state index in [-0.39, 0.29) is 12.1 Å². The largest absolute Gasteiger partial charge is 0.481 e. The summed E-state index contributed by atoms with van der Waals surface area (Å²) in [5, 5.41) is 23.1. The van der Waals surface area contributed by atoms with Gasteiger partial charge in [0.25, 0.3) is 5.69 Å². The Balaban J connectivity index is 2.15. The van der Waals surface area contributed by atoms with Crippen molar-refractivity contribution < 1.29 is 19.6 Å². The van der Waals surface area contributed by atoms with Crippen LogP contribution in [0.3, 0.4) is 0 Å². The summed E-state index contributed by atoms with van der Waals surface area (Å²) in [5.74, 6) is -1.35. The maximum atomic E-state index is 12.4. The minimum Gasteiger partial charge on any atom is -0.481 e. The lowest BCUT2D eigenvalue weighted by atomic mass is 9.77. The summed E-state index contributed by atoms with van der Waals surface area (Å²) >= 11 is 0. The number of rotatable bonds is 5. The average Bonchev–Trinajstić information content (AvgIpc) is 2.75. The summed E-state index contributed by atoms with van der Waals surface area (Å²) in [6, 6.07) is 4.23. The van der Waals surface area contributed by atoms with Gasteiger partial charge in [-0.1, -0.05) is 31.7 Å². The van der Waals surface area contributed by atoms with Gasteiger partial charge in [-0.05, 0) is 25.3 Å². The Labute approximate surface area is 140 Å². The number of aryl methyl sites for hydroxylation is 1. The van der Waals surface area contributed by atoms with E-state index < -0.39 is 22.2 Å². The van der Waals surface area contributed by atoms with Crippen LogP contribution in [-0.4, -0.2) is 21.9 Å². The topological polar surface area (TPSA) is 110 Å². The van der Waals surface area contributed by atoms with Crippen LogP contribution in [0.5, 0.6) is 0 Å². The molecule has 130 valence electrons. The number of benzene rings is 1. The SMILES string of the molecule is Cc1ccc([N+](=O)[O-])cc1NC(=O)CC1(C(=O)O)CCCCCC1. The number of carboxylic acid groups (broad SMARTS) is 1. The van der Waals surface area contributed by atoms with Crippen molar-refractivity contribution in [2.24, 2.45) is 5.41 Å². The highest BCUT2D eigenvalue weighted by Gasteiger charge is 2.40. The number of nitro groups is 1. The van der Waals surface area contributed by atoms with Crippen molar-refractivity contribution in [2.75, 3.05) is 5.32 Å². The molecule has 24 heavy (non-hydrogen) atoms. The molecule has 0 radical (unpaired) electrons. The van der Waals surface area contributed by atoms with Gasteiger partial charge in [-0.15, -0.1) is 0 Å². The molecule has 0 spiro atoms. The lowest BCUT2D eigenvalue weighted by Gasteiger charge is -2.27. The lowest BCUT2D eigenvalue weighted by molar-refractivity contribution is -0.384. The first-order valence-electron chi connectivity index (χ1n) is 8.12. The molecule has 0 aliphatic heterocycles. The quantitative estimate of drug-likeness (QED) is 0.485. The molecule has 1 fully saturated rings. The summed E-state index contributed by atoms with van der Waals surface area (Å²) in [6.45, 7) is 1.73. The third kappa shape index (κ3) is 4.10. The van der Waals surface area contributed by atoms with Gasteiger partial charge in [0.1, 0.15) is 0 Å². The Hall–Kier alpha value is -2.44. The Morgan fingerprint density at radius 3 is 2.42 bits per heavy atom. The van der Waals surface area contributed by atoms with E-state index in [1.165, 1.54) is 12.1 Å². The number of carbonyl (C=O) groups is 2. The van der Waals surface area contributed by atoms with Crippen LogP contribution >= 0.6 is 0 Å². The van der Waals surface area contributed by atoms with E-state index in [1.807, 2.05) is 0 Å². The number of aliphatic carboxylic acids is 1. The van der Waals surface area contributed by atoms with Crippen molar-refractivity contribution in [3.05, 3.63) is 33.9 Å². The van der Waals surface area contributed by atoms with E-state index in [9.17, 15) is 24.8 Å². The number of amides is 1. The highest BCUT2D eigenvalue weighted by Crippen LogP contribution is 2.39. The van der Waals surface area contributed by atoms with Gasteiger partial charge in [-0.25, -0.2) is 0 Å². The molecule has 7 heteroatoms. The van der Waals surface area contributed by atoms with Crippen molar-refractivity contribution in [3.8, 4) is 0 Å². The van der Waals surface area contributed by atoms with Crippen LogP contribution in [0.4, 0.5) is 11.4 Å². The van der Waals surface area contributed by atoms with E-state index in [0.29, 0.717) is 24.1 Å². The molecule has 1 aliphatic carbocycles. The zero-order valence-electron chi connectivity index (χ0n) is 13.7. The highest BCUT2D eigenvalue weighted by atomic mass is 16.6. The predicted molar refractivity (Wildman–Crippen MR) is 88.9 cm³/mol. The molecule has 1 saturated carbocycles. The third-order valence-electron chi connectivity index (χ3n) is 4.72. The summed E-state index contributed by atoms with van der Waals surface area (Å²) in [5.41, 5.74) is -0.101. The maximum Gasteiger partial charge on any atom is 0.310 e. The number of non-ortho nitro benzene ring substituents is 1. The van der Waals surface area contributed by atoms with Crippen molar-refractivity contribution in [2.45, 2.75) is 51.9 Å². The fraction of sp³-hybridized carbons (Fsp3) is 0.529. The number of hydrogen-bond acceptors (Lipinski definition) is 4. The third-order valence-corrected chi connectivity index (χ3v) is 4.72. The molecule has 7 nitrogen and oxygen atoms in total. The van der Waals surface area contributed by atoms with Gasteiger partial charge in [0.05, 0.1) is 16.0 Å². The number of nitrogens with one attached hydrogen (secondary N) is 1. The molecule has 1 aromatic carbocycles. The van der Waals surface area contributed by atoms with E-state index in [4.69, 9.17) is 0 Å². The van der Waals surface area contributed by atoms with Gasteiger partial charge >= 0.3 is 5.97 Å². The van der Waals surface area contributed by atoms with Crippen molar-refractivity contribution in [1.29, 1.82) is 0 Å². The van der Waals surface area contributed by atoms with Gasteiger partial charge in [0.2, 0.25) is 5.91 Å². The minimum absolute atomic E-state index is 0.107. The molecule has 1 aliphatic rings. The molecular formula is C17H22N2O5. The van der Waals surface area contributed by atoms with Crippen LogP contribution < -0.4 is 5.32 Å². The molecule has 0 saturated heterocycles. The molecule has 0 aromatic heterocycles. The lowest BCUT2D eigenvalue weighted by Crippen LogP contribution is -2.35. The second kappa shape index (κ2) is 7.42. The zero-order chi connectivity index (χ0) is 17.7. The molecule has 2 rings (SSSR count). The Morgan fingerprint density at radius 1 is 1.25 bits per heavy atom. The standard InChI is InChI=1S/C17H22N2O5/c1-12-6-7-13(19(23)24)10-14(12)18-15(20)11-17(16(21)22)8-4-2-3-5-9-17/h6-7,10H,2-5,8-9,11H2,1H3,(H,18,20)(H,21,22). The highest BCUT2D eigenvalue weighted by molar-refractivity contribution is 5.95. The molecule has 1 aromatic rings. The smallest absolute Gasteiger partial charge is 0.310 e. The van der Waals surface area contributed by atoms with Gasteiger partial charge in [-0.3, -0.25) is 19.7 Å². The first kappa shape index (κ1) is 17.9. The second-order valence-electron chi connectivity index (χ2n) is 6.48. The van der Waals surface area contributed by atoms with E-state index in [1.54, 1.807) is 13.0 Å². The minimum atomic E-state index is -1.03. The predicted octanol–water partition coefficient (Wildman–Crippen LogP) is 3.66. The molecule has 1 amide bonds. The van der Waals surface area contributed by atoms with Crippen LogP contribution in [0.2, 0.25) is 0 Å². The van der Waals surface area contributed by atoms with Crippen LogP contribution in [0.25, 0.3) is 0 Å². The zero-order valence-corrected chi connectivity index (χ0v) is 13.7. The first-order chi connectivity index (χ1) is 11.3. The van der Waals surface area contributed by atoms with Crippen molar-refractivity contribution in [1.82, 2.24) is 0 Å². The fourth-order valence-electron chi connectivity index (χ4n) is 3.23. The van der Waals surface area contributed by atoms with Crippen molar-refractivity contribution >= 4 is 23.3 Å².